The van der Waals surface area contributed by atoms with Crippen molar-refractivity contribution >= 4 is 0 Å². The molecule has 4 rings (SSSR count). The predicted molar refractivity (Wildman–Crippen MR) is 83.8 cm³/mol. The fraction of sp³-hybridized carbons (Fsp3) is 1.00. The molecule has 114 valence electrons. The van der Waals surface area contributed by atoms with Crippen molar-refractivity contribution in [2.45, 2.75) is 82.8 Å². The summed E-state index contributed by atoms with van der Waals surface area (Å²) in [6, 6.07) is 2.52. The molecule has 20 heavy (non-hydrogen) atoms. The summed E-state index contributed by atoms with van der Waals surface area (Å²) in [5.41, 5.74) is 0. The minimum atomic E-state index is 0.765. The summed E-state index contributed by atoms with van der Waals surface area (Å²) >= 11 is 0. The van der Waals surface area contributed by atoms with Crippen LogP contribution in [0.5, 0.6) is 0 Å². The maximum Gasteiger partial charge on any atom is 0.0224 e. The lowest BCUT2D eigenvalue weighted by molar-refractivity contribution is 0.0470. The Hall–Kier alpha value is -0.0800. The molecule has 1 N–H and O–H groups in total. The number of hydrogen-bond acceptors (Lipinski definition) is 2. The monoisotopic (exact) mass is 276 g/mol. The van der Waals surface area contributed by atoms with Gasteiger partial charge < -0.3 is 5.32 Å². The fourth-order valence-corrected chi connectivity index (χ4v) is 4.98. The molecule has 4 fully saturated rings. The molecule has 1 saturated heterocycles. The van der Waals surface area contributed by atoms with Crippen LogP contribution in [0.4, 0.5) is 0 Å². The summed E-state index contributed by atoms with van der Waals surface area (Å²) in [7, 11) is 0. The van der Waals surface area contributed by atoms with E-state index in [0.29, 0.717) is 0 Å². The second-order valence-electron chi connectivity index (χ2n) is 8.12. The van der Waals surface area contributed by atoms with Crippen molar-refractivity contribution in [2.75, 3.05) is 13.1 Å². The van der Waals surface area contributed by atoms with E-state index in [9.17, 15) is 0 Å². The molecule has 2 nitrogen and oxygen atoms in total. The highest BCUT2D eigenvalue weighted by Gasteiger charge is 2.47. The van der Waals surface area contributed by atoms with E-state index in [1.54, 1.807) is 0 Å². The molecule has 4 aliphatic rings. The predicted octanol–water partition coefficient (Wildman–Crippen LogP) is 3.42. The zero-order valence-electron chi connectivity index (χ0n) is 13.2. The van der Waals surface area contributed by atoms with Crippen LogP contribution in [0.3, 0.4) is 0 Å². The average Bonchev–Trinajstić information content (AvgIpc) is 3.37. The number of nitrogens with one attached hydrogen (secondary N) is 1. The van der Waals surface area contributed by atoms with E-state index in [4.69, 9.17) is 0 Å². The molecular weight excluding hydrogens is 244 g/mol. The van der Waals surface area contributed by atoms with Crippen molar-refractivity contribution in [3.05, 3.63) is 0 Å². The summed E-state index contributed by atoms with van der Waals surface area (Å²) in [6.45, 7) is 5.04. The molecule has 1 heterocycles. The molecule has 0 spiro atoms. The van der Waals surface area contributed by atoms with Gasteiger partial charge in [0.25, 0.3) is 0 Å². The first-order valence-electron chi connectivity index (χ1n) is 9.32. The molecule has 1 aliphatic heterocycles. The zero-order valence-corrected chi connectivity index (χ0v) is 13.2. The Morgan fingerprint density at radius 3 is 2.15 bits per heavy atom. The van der Waals surface area contributed by atoms with Crippen LogP contribution in [0.1, 0.15) is 64.7 Å². The Morgan fingerprint density at radius 1 is 0.900 bits per heavy atom. The highest BCUT2D eigenvalue weighted by Crippen LogP contribution is 2.48. The zero-order chi connectivity index (χ0) is 13.5. The lowest BCUT2D eigenvalue weighted by Gasteiger charge is -2.46. The number of piperazine rings is 1. The largest absolute Gasteiger partial charge is 0.311 e. The van der Waals surface area contributed by atoms with Gasteiger partial charge in [0.1, 0.15) is 0 Å². The molecule has 0 radical (unpaired) electrons. The molecule has 3 aliphatic carbocycles. The van der Waals surface area contributed by atoms with E-state index in [2.05, 4.69) is 17.1 Å². The van der Waals surface area contributed by atoms with E-state index >= 15 is 0 Å². The third-order valence-corrected chi connectivity index (χ3v) is 6.46. The Labute approximate surface area is 124 Å². The first-order valence-corrected chi connectivity index (χ1v) is 9.32. The van der Waals surface area contributed by atoms with Crippen molar-refractivity contribution in [3.63, 3.8) is 0 Å². The second kappa shape index (κ2) is 5.61. The van der Waals surface area contributed by atoms with Gasteiger partial charge in [-0.05, 0) is 63.2 Å². The van der Waals surface area contributed by atoms with Gasteiger partial charge in [-0.15, -0.1) is 0 Å². The van der Waals surface area contributed by atoms with Gasteiger partial charge in [-0.1, -0.05) is 19.3 Å². The molecule has 0 bridgehead atoms. The lowest BCUT2D eigenvalue weighted by Crippen LogP contribution is -2.61. The Bertz CT molecular complexity index is 316. The van der Waals surface area contributed by atoms with Crippen molar-refractivity contribution in [1.82, 2.24) is 10.2 Å². The molecule has 0 aromatic heterocycles. The number of hydrogen-bond donors (Lipinski definition) is 1. The highest BCUT2D eigenvalue weighted by atomic mass is 15.3. The molecule has 2 heteroatoms. The van der Waals surface area contributed by atoms with Crippen LogP contribution in [0, 0.1) is 17.8 Å². The highest BCUT2D eigenvalue weighted by molar-refractivity contribution is 5.02. The van der Waals surface area contributed by atoms with Crippen LogP contribution < -0.4 is 5.32 Å². The van der Waals surface area contributed by atoms with E-state index < -0.39 is 0 Å². The Kier molecular flexibility index (Phi) is 3.80. The SMILES string of the molecule is CC1CNC(C2CCCCC2)CN1C(C1CC1)C1CC1. The van der Waals surface area contributed by atoms with Crippen LogP contribution in [0.15, 0.2) is 0 Å². The van der Waals surface area contributed by atoms with Gasteiger partial charge in [0.05, 0.1) is 0 Å². The van der Waals surface area contributed by atoms with Crippen LogP contribution >= 0.6 is 0 Å². The standard InChI is InChI=1S/C18H32N2/c1-13-11-19-17(14-5-3-2-4-6-14)12-20(13)18(15-7-8-15)16-9-10-16/h13-19H,2-12H2,1H3. The van der Waals surface area contributed by atoms with Crippen molar-refractivity contribution < 1.29 is 0 Å². The van der Waals surface area contributed by atoms with Gasteiger partial charge in [0, 0.05) is 31.2 Å². The third kappa shape index (κ3) is 2.78. The van der Waals surface area contributed by atoms with Crippen molar-refractivity contribution in [2.24, 2.45) is 17.8 Å². The third-order valence-electron chi connectivity index (χ3n) is 6.46. The smallest absolute Gasteiger partial charge is 0.0224 e. The molecule has 3 saturated carbocycles. The summed E-state index contributed by atoms with van der Waals surface area (Å²) in [5.74, 6) is 3.10. The summed E-state index contributed by atoms with van der Waals surface area (Å²) < 4.78 is 0. The number of rotatable bonds is 4. The topological polar surface area (TPSA) is 15.3 Å². The van der Waals surface area contributed by atoms with Crippen LogP contribution in [-0.2, 0) is 0 Å². The molecule has 0 aromatic carbocycles. The first-order chi connectivity index (χ1) is 9.83. The lowest BCUT2D eigenvalue weighted by atomic mass is 9.82. The second-order valence-corrected chi connectivity index (χ2v) is 8.12. The van der Waals surface area contributed by atoms with Gasteiger partial charge >= 0.3 is 0 Å². The van der Waals surface area contributed by atoms with Crippen LogP contribution in [0.25, 0.3) is 0 Å². The molecule has 2 atom stereocenters. The van der Waals surface area contributed by atoms with Gasteiger partial charge in [-0.3, -0.25) is 4.90 Å². The average molecular weight is 276 g/mol. The summed E-state index contributed by atoms with van der Waals surface area (Å²) in [4.78, 5) is 2.95. The molecular formula is C18H32N2. The normalized spacial score (nSPS) is 37.5. The summed E-state index contributed by atoms with van der Waals surface area (Å²) in [6.07, 6.45) is 13.5. The molecule has 0 amide bonds. The van der Waals surface area contributed by atoms with Gasteiger partial charge in [0.2, 0.25) is 0 Å². The first kappa shape index (κ1) is 13.6. The summed E-state index contributed by atoms with van der Waals surface area (Å²) in [5, 5.41) is 3.90. The van der Waals surface area contributed by atoms with Crippen LogP contribution in [0.2, 0.25) is 0 Å². The quantitative estimate of drug-likeness (QED) is 0.846. The maximum absolute atomic E-state index is 3.90. The minimum Gasteiger partial charge on any atom is -0.311 e. The Morgan fingerprint density at radius 2 is 1.55 bits per heavy atom. The van der Waals surface area contributed by atoms with E-state index in [-0.39, 0.29) is 0 Å². The molecule has 2 unspecified atom stereocenters. The van der Waals surface area contributed by atoms with E-state index in [1.807, 2.05) is 0 Å². The molecule has 0 aromatic rings. The Balaban J connectivity index is 1.43. The van der Waals surface area contributed by atoms with Crippen molar-refractivity contribution in [3.8, 4) is 0 Å². The van der Waals surface area contributed by atoms with Gasteiger partial charge in [-0.2, -0.15) is 0 Å². The van der Waals surface area contributed by atoms with Crippen molar-refractivity contribution in [1.29, 1.82) is 0 Å². The number of nitrogens with zero attached hydrogens (tertiary/aromatic N) is 1. The van der Waals surface area contributed by atoms with E-state index in [1.165, 1.54) is 70.9 Å². The maximum atomic E-state index is 3.90. The van der Waals surface area contributed by atoms with Gasteiger partial charge in [0.15, 0.2) is 0 Å². The minimum absolute atomic E-state index is 0.765. The van der Waals surface area contributed by atoms with Gasteiger partial charge in [-0.25, -0.2) is 0 Å². The van der Waals surface area contributed by atoms with Crippen LogP contribution in [-0.4, -0.2) is 36.1 Å². The fourth-order valence-electron chi connectivity index (χ4n) is 4.98. The van der Waals surface area contributed by atoms with E-state index in [0.717, 1.165) is 35.9 Å².